The predicted molar refractivity (Wildman–Crippen MR) is 88.2 cm³/mol. The van der Waals surface area contributed by atoms with Crippen LogP contribution >= 0.6 is 11.3 Å². The zero-order chi connectivity index (χ0) is 16.8. The van der Waals surface area contributed by atoms with E-state index in [0.29, 0.717) is 16.9 Å². The van der Waals surface area contributed by atoms with E-state index in [9.17, 15) is 18.3 Å². The number of rotatable bonds is 3. The van der Waals surface area contributed by atoms with E-state index in [0.717, 1.165) is 16.9 Å². The molecule has 0 saturated carbocycles. The lowest BCUT2D eigenvalue weighted by Crippen LogP contribution is -2.35. The molecule has 122 valence electrons. The molecule has 0 fully saturated rings. The molecular formula is C15H16N2O4S2. The van der Waals surface area contributed by atoms with Crippen molar-refractivity contribution < 1.29 is 18.3 Å². The topological polar surface area (TPSA) is 101 Å². The number of benzene rings is 1. The van der Waals surface area contributed by atoms with Crippen LogP contribution in [-0.4, -0.2) is 30.3 Å². The van der Waals surface area contributed by atoms with Gasteiger partial charge in [0.15, 0.2) is 0 Å². The zero-order valence-corrected chi connectivity index (χ0v) is 14.1. The molecule has 1 aromatic heterocycles. The molecule has 0 bridgehead atoms. The largest absolute Gasteiger partial charge is 0.478 e. The summed E-state index contributed by atoms with van der Waals surface area (Å²) >= 11 is 1.15. The zero-order valence-electron chi connectivity index (χ0n) is 12.4. The van der Waals surface area contributed by atoms with Gasteiger partial charge >= 0.3 is 5.97 Å². The number of thiophene rings is 1. The van der Waals surface area contributed by atoms with Gasteiger partial charge in [0.1, 0.15) is 5.00 Å². The fraction of sp³-hybridized carbons (Fsp3) is 0.267. The molecule has 6 nitrogen and oxygen atoms in total. The van der Waals surface area contributed by atoms with E-state index in [2.05, 4.69) is 0 Å². The minimum atomic E-state index is -3.59. The number of fused-ring (bicyclic) bond motifs is 1. The lowest BCUT2D eigenvalue weighted by atomic mass is 10.0. The minimum Gasteiger partial charge on any atom is -0.478 e. The quantitative estimate of drug-likeness (QED) is 0.881. The van der Waals surface area contributed by atoms with Crippen molar-refractivity contribution in [1.82, 2.24) is 4.31 Å². The molecule has 2 heterocycles. The fourth-order valence-electron chi connectivity index (χ4n) is 2.70. The monoisotopic (exact) mass is 352 g/mol. The van der Waals surface area contributed by atoms with Gasteiger partial charge in [0.25, 0.3) is 0 Å². The summed E-state index contributed by atoms with van der Waals surface area (Å²) in [6.45, 7) is 2.30. The van der Waals surface area contributed by atoms with Crippen LogP contribution in [0.2, 0.25) is 0 Å². The van der Waals surface area contributed by atoms with E-state index in [1.165, 1.54) is 4.31 Å². The van der Waals surface area contributed by atoms with Gasteiger partial charge in [-0.25, -0.2) is 13.2 Å². The molecular weight excluding hydrogens is 336 g/mol. The summed E-state index contributed by atoms with van der Waals surface area (Å²) in [5.74, 6) is -1.06. The number of anilines is 1. The molecule has 0 atom stereocenters. The Kier molecular flexibility index (Phi) is 3.91. The number of aromatic carboxylic acids is 1. The Hall–Kier alpha value is -1.90. The van der Waals surface area contributed by atoms with Crippen LogP contribution in [0.1, 0.15) is 26.4 Å². The van der Waals surface area contributed by atoms with Crippen LogP contribution in [0.25, 0.3) is 0 Å². The summed E-state index contributed by atoms with van der Waals surface area (Å²) in [6.07, 6.45) is 0.357. The van der Waals surface area contributed by atoms with Crippen LogP contribution in [0.3, 0.4) is 0 Å². The van der Waals surface area contributed by atoms with Crippen molar-refractivity contribution in [2.45, 2.75) is 24.8 Å². The van der Waals surface area contributed by atoms with Crippen molar-refractivity contribution in [3.8, 4) is 0 Å². The third kappa shape index (κ3) is 2.73. The average Bonchev–Trinajstić information content (AvgIpc) is 2.82. The highest BCUT2D eigenvalue weighted by Gasteiger charge is 2.32. The Morgan fingerprint density at radius 3 is 2.57 bits per heavy atom. The van der Waals surface area contributed by atoms with Crippen molar-refractivity contribution in [3.05, 3.63) is 45.8 Å². The van der Waals surface area contributed by atoms with E-state index in [4.69, 9.17) is 5.73 Å². The van der Waals surface area contributed by atoms with Crippen LogP contribution in [-0.2, 0) is 23.0 Å². The maximum atomic E-state index is 12.7. The number of nitrogens with two attached hydrogens (primary N) is 1. The highest BCUT2D eigenvalue weighted by molar-refractivity contribution is 7.89. The average molecular weight is 352 g/mol. The molecule has 0 unspecified atom stereocenters. The summed E-state index contributed by atoms with van der Waals surface area (Å²) in [5, 5.41) is 9.47. The maximum absolute atomic E-state index is 12.7. The Balaban J connectivity index is 1.94. The van der Waals surface area contributed by atoms with Crippen molar-refractivity contribution >= 4 is 32.3 Å². The predicted octanol–water partition coefficient (Wildman–Crippen LogP) is 2.08. The first kappa shape index (κ1) is 16.0. The SMILES string of the molecule is Cc1ccc(S(=O)(=O)N2CCc3c(sc(N)c3C(=O)O)C2)cc1. The van der Waals surface area contributed by atoms with E-state index < -0.39 is 16.0 Å². The minimum absolute atomic E-state index is 0.123. The van der Waals surface area contributed by atoms with Gasteiger partial charge in [-0.3, -0.25) is 0 Å². The van der Waals surface area contributed by atoms with Gasteiger partial charge < -0.3 is 10.8 Å². The van der Waals surface area contributed by atoms with Gasteiger partial charge in [-0.15, -0.1) is 11.3 Å². The van der Waals surface area contributed by atoms with Gasteiger partial charge in [-0.2, -0.15) is 4.31 Å². The van der Waals surface area contributed by atoms with E-state index in [-0.39, 0.29) is 28.5 Å². The number of nitrogens with zero attached hydrogens (tertiary/aromatic N) is 1. The van der Waals surface area contributed by atoms with Crippen LogP contribution in [0.5, 0.6) is 0 Å². The highest BCUT2D eigenvalue weighted by Crippen LogP contribution is 2.36. The van der Waals surface area contributed by atoms with Gasteiger partial charge in [0, 0.05) is 18.0 Å². The summed E-state index contributed by atoms with van der Waals surface area (Å²) < 4.78 is 26.8. The van der Waals surface area contributed by atoms with Crippen molar-refractivity contribution in [2.24, 2.45) is 0 Å². The van der Waals surface area contributed by atoms with Crippen molar-refractivity contribution in [1.29, 1.82) is 0 Å². The molecule has 1 aliphatic rings. The highest BCUT2D eigenvalue weighted by atomic mass is 32.2. The lowest BCUT2D eigenvalue weighted by Gasteiger charge is -2.26. The normalized spacial score (nSPS) is 15.3. The van der Waals surface area contributed by atoms with E-state index in [1.54, 1.807) is 24.3 Å². The van der Waals surface area contributed by atoms with Crippen molar-refractivity contribution in [2.75, 3.05) is 12.3 Å². The van der Waals surface area contributed by atoms with Gasteiger partial charge in [-0.1, -0.05) is 17.7 Å². The number of hydrogen-bond acceptors (Lipinski definition) is 5. The Morgan fingerprint density at radius 1 is 1.30 bits per heavy atom. The van der Waals surface area contributed by atoms with Crippen LogP contribution in [0.15, 0.2) is 29.2 Å². The Morgan fingerprint density at radius 2 is 1.96 bits per heavy atom. The third-order valence-corrected chi connectivity index (χ3v) is 6.83. The number of carboxylic acid groups (broad SMARTS) is 1. The molecule has 23 heavy (non-hydrogen) atoms. The molecule has 2 aromatic rings. The molecule has 0 amide bonds. The first-order chi connectivity index (χ1) is 10.8. The Labute approximate surface area is 138 Å². The van der Waals surface area contributed by atoms with Gasteiger partial charge in [-0.05, 0) is 31.0 Å². The first-order valence-electron chi connectivity index (χ1n) is 7.01. The molecule has 1 aromatic carbocycles. The van der Waals surface area contributed by atoms with E-state index in [1.807, 2.05) is 6.92 Å². The fourth-order valence-corrected chi connectivity index (χ4v) is 5.32. The second-order valence-electron chi connectivity index (χ2n) is 5.45. The number of nitrogen functional groups attached to an aromatic ring is 1. The summed E-state index contributed by atoms with van der Waals surface area (Å²) in [4.78, 5) is 12.2. The first-order valence-corrected chi connectivity index (χ1v) is 9.26. The number of aryl methyl sites for hydroxylation is 1. The number of carboxylic acids is 1. The molecule has 1 aliphatic heterocycles. The van der Waals surface area contributed by atoms with Gasteiger partial charge in [0.2, 0.25) is 10.0 Å². The summed E-state index contributed by atoms with van der Waals surface area (Å²) in [6, 6.07) is 6.69. The Bertz CT molecular complexity index is 870. The second-order valence-corrected chi connectivity index (χ2v) is 8.52. The maximum Gasteiger partial charge on any atom is 0.338 e. The van der Waals surface area contributed by atoms with Crippen LogP contribution in [0.4, 0.5) is 5.00 Å². The smallest absolute Gasteiger partial charge is 0.338 e. The number of carbonyl (C=O) groups is 1. The van der Waals surface area contributed by atoms with Gasteiger partial charge in [0.05, 0.1) is 10.5 Å². The van der Waals surface area contributed by atoms with Crippen molar-refractivity contribution in [3.63, 3.8) is 0 Å². The van der Waals surface area contributed by atoms with Crippen LogP contribution in [0, 0.1) is 6.92 Å². The molecule has 3 N–H and O–H groups in total. The number of hydrogen-bond donors (Lipinski definition) is 2. The molecule has 0 radical (unpaired) electrons. The van der Waals surface area contributed by atoms with Crippen LogP contribution < -0.4 is 5.73 Å². The molecule has 0 spiro atoms. The second kappa shape index (κ2) is 5.63. The summed E-state index contributed by atoms with van der Waals surface area (Å²) in [7, 11) is -3.59. The molecule has 0 aliphatic carbocycles. The molecule has 0 saturated heterocycles. The lowest BCUT2D eigenvalue weighted by molar-refractivity contribution is 0.0697. The third-order valence-electron chi connectivity index (χ3n) is 3.92. The standard InChI is InChI=1S/C15H16N2O4S2/c1-9-2-4-10(5-3-9)23(20,21)17-7-6-11-12(8-17)22-14(16)13(11)15(18)19/h2-5H,6-8,16H2,1H3,(H,18,19). The molecule has 3 rings (SSSR count). The van der Waals surface area contributed by atoms with E-state index >= 15 is 0 Å². The molecule has 8 heteroatoms. The summed E-state index contributed by atoms with van der Waals surface area (Å²) in [5.41, 5.74) is 7.55. The number of sulfonamides is 1.